The molecule has 0 atom stereocenters. The zero-order chi connectivity index (χ0) is 11.0. The van der Waals surface area contributed by atoms with E-state index in [2.05, 4.69) is 39.5 Å². The first-order chi connectivity index (χ1) is 5.81. The highest BCUT2D eigenvalue weighted by Gasteiger charge is 1.93. The average Bonchev–Trinajstić information content (AvgIpc) is 2.25. The summed E-state index contributed by atoms with van der Waals surface area (Å²) in [5, 5.41) is 24.0. The number of rotatable bonds is 2. The average molecular weight is 176 g/mol. The van der Waals surface area contributed by atoms with Crippen LogP contribution in [-0.2, 0) is 0 Å². The molecule has 0 bridgehead atoms. The molecule has 0 aliphatic carbocycles. The summed E-state index contributed by atoms with van der Waals surface area (Å²) in [5.41, 5.74) is 0. The van der Waals surface area contributed by atoms with Gasteiger partial charge in [0.25, 0.3) is 0 Å². The summed E-state index contributed by atoms with van der Waals surface area (Å²) in [7, 11) is 0. The van der Waals surface area contributed by atoms with E-state index in [1.54, 1.807) is 0 Å². The first kappa shape index (κ1) is 22.5. The molecular weight excluding hydrogens is 156 g/mol. The zero-order valence-electron chi connectivity index (χ0n) is 7.58. The fourth-order valence-electron chi connectivity index (χ4n) is 0.0577. The quantitative estimate of drug-likeness (QED) is 0.544. The Bertz CT molecular complexity index is 49.0. The normalized spacial score (nSPS) is 6.00. The molecule has 0 aromatic carbocycles. The molecule has 0 saturated heterocycles. The fraction of sp³-hybridized carbons (Fsp3) is 0.333. The van der Waals surface area contributed by atoms with E-state index < -0.39 is 6.10 Å². The Morgan fingerprint density at radius 2 is 0.917 bits per heavy atom. The van der Waals surface area contributed by atoms with Gasteiger partial charge in [0.05, 0.1) is 13.2 Å². The van der Waals surface area contributed by atoms with Crippen LogP contribution in [-0.4, -0.2) is 34.6 Å². The minimum atomic E-state index is -0.954. The van der Waals surface area contributed by atoms with Crippen molar-refractivity contribution in [3.05, 3.63) is 39.5 Å². The summed E-state index contributed by atoms with van der Waals surface area (Å²) in [4.78, 5) is 0. The Morgan fingerprint density at radius 3 is 0.917 bits per heavy atom. The van der Waals surface area contributed by atoms with Gasteiger partial charge in [-0.25, -0.2) is 0 Å². The van der Waals surface area contributed by atoms with E-state index >= 15 is 0 Å². The SMILES string of the molecule is C=C.C=C.C=C.OCC(O)CO. The first-order valence-electron chi connectivity index (χ1n) is 3.21. The van der Waals surface area contributed by atoms with Gasteiger partial charge in [-0.1, -0.05) is 0 Å². The maximum Gasteiger partial charge on any atom is 0.100 e. The maximum atomic E-state index is 8.17. The monoisotopic (exact) mass is 176 g/mol. The third-order valence-corrected chi connectivity index (χ3v) is 0.421. The molecule has 0 amide bonds. The lowest BCUT2D eigenvalue weighted by Gasteiger charge is -1.96. The molecule has 3 N–H and O–H groups in total. The Hall–Kier alpha value is -0.900. The highest BCUT2D eigenvalue weighted by Crippen LogP contribution is 1.71. The summed E-state index contributed by atoms with van der Waals surface area (Å²) in [6.07, 6.45) is -0.954. The molecule has 0 heterocycles. The molecule has 0 radical (unpaired) electrons. The minimum Gasteiger partial charge on any atom is -0.394 e. The summed E-state index contributed by atoms with van der Waals surface area (Å²) in [6, 6.07) is 0. The lowest BCUT2D eigenvalue weighted by atomic mass is 10.4. The number of aliphatic hydroxyl groups excluding tert-OH is 3. The Balaban J connectivity index is -0.0000000453. The van der Waals surface area contributed by atoms with Gasteiger partial charge < -0.3 is 15.3 Å². The van der Waals surface area contributed by atoms with Gasteiger partial charge in [0, 0.05) is 0 Å². The van der Waals surface area contributed by atoms with Gasteiger partial charge in [0.1, 0.15) is 6.10 Å². The van der Waals surface area contributed by atoms with Crippen LogP contribution in [0.4, 0.5) is 0 Å². The van der Waals surface area contributed by atoms with Crippen molar-refractivity contribution in [1.29, 1.82) is 0 Å². The van der Waals surface area contributed by atoms with Gasteiger partial charge in [-0.2, -0.15) is 0 Å². The lowest BCUT2D eigenvalue weighted by molar-refractivity contribution is 0.0450. The molecule has 0 aromatic heterocycles. The Morgan fingerprint density at radius 1 is 0.750 bits per heavy atom. The van der Waals surface area contributed by atoms with Crippen molar-refractivity contribution in [3.63, 3.8) is 0 Å². The van der Waals surface area contributed by atoms with Crippen LogP contribution >= 0.6 is 0 Å². The molecule has 0 saturated carbocycles. The van der Waals surface area contributed by atoms with Gasteiger partial charge >= 0.3 is 0 Å². The molecule has 3 heteroatoms. The van der Waals surface area contributed by atoms with Crippen LogP contribution < -0.4 is 0 Å². The van der Waals surface area contributed by atoms with Gasteiger partial charge in [-0.15, -0.1) is 39.5 Å². The molecular formula is C9H20O3. The molecule has 0 fully saturated rings. The molecule has 12 heavy (non-hydrogen) atoms. The van der Waals surface area contributed by atoms with Gasteiger partial charge in [0.15, 0.2) is 0 Å². The van der Waals surface area contributed by atoms with E-state index in [0.717, 1.165) is 0 Å². The van der Waals surface area contributed by atoms with Crippen molar-refractivity contribution in [2.24, 2.45) is 0 Å². The van der Waals surface area contributed by atoms with Crippen molar-refractivity contribution in [2.45, 2.75) is 6.10 Å². The Labute approximate surface area is 75.0 Å². The standard InChI is InChI=1S/C3H8O3.3C2H4/c4-1-3(6)2-5;3*1-2/h3-6H,1-2H2;3*1-2H2. The van der Waals surface area contributed by atoms with Crippen molar-refractivity contribution in [1.82, 2.24) is 0 Å². The van der Waals surface area contributed by atoms with Crippen LogP contribution in [0.5, 0.6) is 0 Å². The molecule has 74 valence electrons. The maximum absolute atomic E-state index is 8.17. The van der Waals surface area contributed by atoms with Crippen molar-refractivity contribution < 1.29 is 15.3 Å². The largest absolute Gasteiger partial charge is 0.394 e. The number of hydrogen-bond donors (Lipinski definition) is 3. The second-order valence-electron chi connectivity index (χ2n) is 1.02. The Kier molecular flexibility index (Phi) is 93.1. The van der Waals surface area contributed by atoms with Crippen LogP contribution in [0.15, 0.2) is 39.5 Å². The van der Waals surface area contributed by atoms with E-state index in [9.17, 15) is 0 Å². The van der Waals surface area contributed by atoms with E-state index in [-0.39, 0.29) is 13.2 Å². The first-order valence-corrected chi connectivity index (χ1v) is 3.21. The van der Waals surface area contributed by atoms with Crippen molar-refractivity contribution >= 4 is 0 Å². The highest BCUT2D eigenvalue weighted by atomic mass is 16.3. The molecule has 3 nitrogen and oxygen atoms in total. The zero-order valence-corrected chi connectivity index (χ0v) is 7.58. The van der Waals surface area contributed by atoms with Crippen LogP contribution in [0.3, 0.4) is 0 Å². The van der Waals surface area contributed by atoms with Gasteiger partial charge in [-0.3, -0.25) is 0 Å². The smallest absolute Gasteiger partial charge is 0.100 e. The second kappa shape index (κ2) is 49.8. The third kappa shape index (κ3) is 62.1. The topological polar surface area (TPSA) is 60.7 Å². The summed E-state index contributed by atoms with van der Waals surface area (Å²) in [6.45, 7) is 17.3. The molecule has 0 rings (SSSR count). The predicted molar refractivity (Wildman–Crippen MR) is 53.9 cm³/mol. The molecule has 0 aliphatic rings. The van der Waals surface area contributed by atoms with Crippen LogP contribution in [0.25, 0.3) is 0 Å². The summed E-state index contributed by atoms with van der Waals surface area (Å²) < 4.78 is 0. The minimum absolute atomic E-state index is 0.365. The van der Waals surface area contributed by atoms with E-state index in [4.69, 9.17) is 15.3 Å². The van der Waals surface area contributed by atoms with Crippen molar-refractivity contribution in [3.8, 4) is 0 Å². The lowest BCUT2D eigenvalue weighted by Crippen LogP contribution is -2.15. The van der Waals surface area contributed by atoms with E-state index in [0.29, 0.717) is 0 Å². The molecule has 0 aromatic rings. The van der Waals surface area contributed by atoms with E-state index in [1.165, 1.54) is 0 Å². The van der Waals surface area contributed by atoms with Crippen LogP contribution in [0, 0.1) is 0 Å². The van der Waals surface area contributed by atoms with Crippen LogP contribution in [0.1, 0.15) is 0 Å². The van der Waals surface area contributed by atoms with E-state index in [1.807, 2.05) is 0 Å². The predicted octanol–water partition coefficient (Wildman–Crippen LogP) is 0.738. The molecule has 0 aliphatic heterocycles. The van der Waals surface area contributed by atoms with Crippen LogP contribution in [0.2, 0.25) is 0 Å². The summed E-state index contributed by atoms with van der Waals surface area (Å²) >= 11 is 0. The number of aliphatic hydroxyl groups is 3. The number of hydrogen-bond acceptors (Lipinski definition) is 3. The summed E-state index contributed by atoms with van der Waals surface area (Å²) in [5.74, 6) is 0. The fourth-order valence-corrected chi connectivity index (χ4v) is 0.0577. The second-order valence-corrected chi connectivity index (χ2v) is 1.02. The molecule has 0 unspecified atom stereocenters. The molecule has 0 spiro atoms. The van der Waals surface area contributed by atoms with Gasteiger partial charge in [0.2, 0.25) is 0 Å². The van der Waals surface area contributed by atoms with Gasteiger partial charge in [-0.05, 0) is 0 Å². The van der Waals surface area contributed by atoms with Crippen molar-refractivity contribution in [2.75, 3.05) is 13.2 Å². The third-order valence-electron chi connectivity index (χ3n) is 0.421. The highest BCUT2D eigenvalue weighted by molar-refractivity contribution is 4.44.